The first kappa shape index (κ1) is 15.8. The van der Waals surface area contributed by atoms with Crippen molar-refractivity contribution in [3.8, 4) is 0 Å². The normalized spacial score (nSPS) is 26.2. The van der Waals surface area contributed by atoms with E-state index in [0.29, 0.717) is 5.91 Å². The molecule has 1 amide bonds. The van der Waals surface area contributed by atoms with Gasteiger partial charge in [-0.25, -0.2) is 0 Å². The van der Waals surface area contributed by atoms with Crippen LogP contribution in [0.25, 0.3) is 0 Å². The highest BCUT2D eigenvalue weighted by atomic mass is 16.2. The van der Waals surface area contributed by atoms with E-state index in [2.05, 4.69) is 18.7 Å². The van der Waals surface area contributed by atoms with Crippen molar-refractivity contribution in [2.75, 3.05) is 26.2 Å². The standard InChI is InChI=1S/C17H32N2O/c1-3-18(4-2)17(20)15-10-9-13-19(14-15)16-11-7-5-6-8-12-16/h15-16H,3-14H2,1-2H3. The zero-order valence-electron chi connectivity index (χ0n) is 13.4. The SMILES string of the molecule is CCN(CC)C(=O)C1CCCN(C2CCCCCC2)C1. The minimum absolute atomic E-state index is 0.256. The molecule has 116 valence electrons. The van der Waals surface area contributed by atoms with Crippen molar-refractivity contribution in [1.82, 2.24) is 9.80 Å². The van der Waals surface area contributed by atoms with Crippen LogP contribution in [0.4, 0.5) is 0 Å². The van der Waals surface area contributed by atoms with Crippen LogP contribution in [0.5, 0.6) is 0 Å². The van der Waals surface area contributed by atoms with Crippen LogP contribution in [0, 0.1) is 5.92 Å². The van der Waals surface area contributed by atoms with Gasteiger partial charge in [0.15, 0.2) is 0 Å². The molecule has 0 radical (unpaired) electrons. The Morgan fingerprint density at radius 2 is 1.65 bits per heavy atom. The molecule has 0 spiro atoms. The molecule has 0 aromatic carbocycles. The predicted molar refractivity (Wildman–Crippen MR) is 83.7 cm³/mol. The van der Waals surface area contributed by atoms with E-state index in [0.717, 1.165) is 32.1 Å². The lowest BCUT2D eigenvalue weighted by Crippen LogP contribution is -2.48. The summed E-state index contributed by atoms with van der Waals surface area (Å²) in [6, 6.07) is 0.754. The maximum absolute atomic E-state index is 12.6. The molecule has 1 aliphatic carbocycles. The predicted octanol–water partition coefficient (Wildman–Crippen LogP) is 3.29. The molecule has 3 nitrogen and oxygen atoms in total. The van der Waals surface area contributed by atoms with Crippen LogP contribution in [-0.2, 0) is 4.79 Å². The summed E-state index contributed by atoms with van der Waals surface area (Å²) in [4.78, 5) is 17.2. The number of carbonyl (C=O) groups excluding carboxylic acids is 1. The van der Waals surface area contributed by atoms with E-state index in [1.165, 1.54) is 51.5 Å². The Labute approximate surface area is 124 Å². The molecule has 1 saturated carbocycles. The maximum atomic E-state index is 12.6. The van der Waals surface area contributed by atoms with Gasteiger partial charge in [-0.15, -0.1) is 0 Å². The van der Waals surface area contributed by atoms with Gasteiger partial charge in [0, 0.05) is 25.7 Å². The van der Waals surface area contributed by atoms with Gasteiger partial charge in [-0.3, -0.25) is 9.69 Å². The third kappa shape index (κ3) is 3.97. The summed E-state index contributed by atoms with van der Waals surface area (Å²) >= 11 is 0. The van der Waals surface area contributed by atoms with Gasteiger partial charge in [0.1, 0.15) is 0 Å². The van der Waals surface area contributed by atoms with Gasteiger partial charge in [-0.1, -0.05) is 25.7 Å². The van der Waals surface area contributed by atoms with E-state index in [1.807, 2.05) is 4.90 Å². The zero-order chi connectivity index (χ0) is 14.4. The fourth-order valence-electron chi connectivity index (χ4n) is 3.96. The van der Waals surface area contributed by atoms with E-state index in [9.17, 15) is 4.79 Å². The van der Waals surface area contributed by atoms with Crippen LogP contribution in [0.15, 0.2) is 0 Å². The third-order valence-electron chi connectivity index (χ3n) is 5.22. The molecule has 1 aliphatic heterocycles. The molecule has 1 saturated heterocycles. The summed E-state index contributed by atoms with van der Waals surface area (Å²) in [7, 11) is 0. The number of rotatable bonds is 4. The van der Waals surface area contributed by atoms with Crippen molar-refractivity contribution in [3.63, 3.8) is 0 Å². The molecule has 1 atom stereocenters. The Balaban J connectivity index is 1.91. The molecule has 0 N–H and O–H groups in total. The summed E-state index contributed by atoms with van der Waals surface area (Å²) in [5.74, 6) is 0.653. The highest BCUT2D eigenvalue weighted by Crippen LogP contribution is 2.27. The summed E-state index contributed by atoms with van der Waals surface area (Å²) in [5.41, 5.74) is 0. The highest BCUT2D eigenvalue weighted by Gasteiger charge is 2.31. The second-order valence-electron chi connectivity index (χ2n) is 6.49. The number of piperidine rings is 1. The van der Waals surface area contributed by atoms with Gasteiger partial charge in [0.05, 0.1) is 5.92 Å². The van der Waals surface area contributed by atoms with Crippen molar-refractivity contribution < 1.29 is 4.79 Å². The first-order valence-corrected chi connectivity index (χ1v) is 8.79. The summed E-state index contributed by atoms with van der Waals surface area (Å²) in [6.07, 6.45) is 10.6. The minimum atomic E-state index is 0.256. The molecule has 3 heteroatoms. The molecule has 0 aromatic rings. The van der Waals surface area contributed by atoms with Crippen LogP contribution in [0.1, 0.15) is 65.2 Å². The number of hydrogen-bond acceptors (Lipinski definition) is 2. The van der Waals surface area contributed by atoms with Crippen molar-refractivity contribution >= 4 is 5.91 Å². The van der Waals surface area contributed by atoms with Gasteiger partial charge >= 0.3 is 0 Å². The van der Waals surface area contributed by atoms with E-state index in [4.69, 9.17) is 0 Å². The van der Waals surface area contributed by atoms with Crippen molar-refractivity contribution in [2.45, 2.75) is 71.3 Å². The molecule has 2 rings (SSSR count). The molecular formula is C17H32N2O. The number of nitrogens with zero attached hydrogens (tertiary/aromatic N) is 2. The monoisotopic (exact) mass is 280 g/mol. The first-order chi connectivity index (χ1) is 9.76. The molecule has 1 unspecified atom stereocenters. The molecule has 0 bridgehead atoms. The van der Waals surface area contributed by atoms with Gasteiger partial charge in [-0.2, -0.15) is 0 Å². The maximum Gasteiger partial charge on any atom is 0.226 e. The van der Waals surface area contributed by atoms with Gasteiger partial charge in [0.25, 0.3) is 0 Å². The highest BCUT2D eigenvalue weighted by molar-refractivity contribution is 5.79. The molecule has 20 heavy (non-hydrogen) atoms. The Kier molecular flexibility index (Phi) is 6.34. The van der Waals surface area contributed by atoms with Crippen molar-refractivity contribution in [2.24, 2.45) is 5.92 Å². The molecule has 0 aromatic heterocycles. The molecular weight excluding hydrogens is 248 g/mol. The van der Waals surface area contributed by atoms with E-state index in [1.54, 1.807) is 0 Å². The smallest absolute Gasteiger partial charge is 0.226 e. The van der Waals surface area contributed by atoms with Crippen molar-refractivity contribution in [3.05, 3.63) is 0 Å². The van der Waals surface area contributed by atoms with Crippen LogP contribution in [-0.4, -0.2) is 47.9 Å². The summed E-state index contributed by atoms with van der Waals surface area (Å²) in [5, 5.41) is 0. The van der Waals surface area contributed by atoms with Gasteiger partial charge in [-0.05, 0) is 46.1 Å². The lowest BCUT2D eigenvalue weighted by atomic mass is 9.93. The topological polar surface area (TPSA) is 23.6 Å². The Bertz CT molecular complexity index is 293. The lowest BCUT2D eigenvalue weighted by Gasteiger charge is -2.39. The van der Waals surface area contributed by atoms with Crippen molar-refractivity contribution in [1.29, 1.82) is 0 Å². The average Bonchev–Trinajstić information content (AvgIpc) is 2.77. The minimum Gasteiger partial charge on any atom is -0.343 e. The zero-order valence-corrected chi connectivity index (χ0v) is 13.4. The van der Waals surface area contributed by atoms with E-state index in [-0.39, 0.29) is 5.92 Å². The van der Waals surface area contributed by atoms with E-state index >= 15 is 0 Å². The average molecular weight is 280 g/mol. The number of amides is 1. The van der Waals surface area contributed by atoms with Crippen LogP contribution in [0.3, 0.4) is 0 Å². The second kappa shape index (κ2) is 8.02. The number of hydrogen-bond donors (Lipinski definition) is 0. The largest absolute Gasteiger partial charge is 0.343 e. The first-order valence-electron chi connectivity index (χ1n) is 8.79. The van der Waals surface area contributed by atoms with E-state index < -0.39 is 0 Å². The van der Waals surface area contributed by atoms with Crippen LogP contribution < -0.4 is 0 Å². The summed E-state index contributed by atoms with van der Waals surface area (Å²) in [6.45, 7) is 8.12. The summed E-state index contributed by atoms with van der Waals surface area (Å²) < 4.78 is 0. The number of likely N-dealkylation sites (tertiary alicyclic amines) is 1. The lowest BCUT2D eigenvalue weighted by molar-refractivity contribution is -0.137. The fraction of sp³-hybridized carbons (Fsp3) is 0.941. The molecule has 2 aliphatic rings. The second-order valence-corrected chi connectivity index (χ2v) is 6.49. The molecule has 2 fully saturated rings. The fourth-order valence-corrected chi connectivity index (χ4v) is 3.96. The van der Waals surface area contributed by atoms with Crippen LogP contribution >= 0.6 is 0 Å². The molecule has 1 heterocycles. The van der Waals surface area contributed by atoms with Crippen LogP contribution in [0.2, 0.25) is 0 Å². The van der Waals surface area contributed by atoms with Gasteiger partial charge < -0.3 is 4.90 Å². The quantitative estimate of drug-likeness (QED) is 0.738. The third-order valence-corrected chi connectivity index (χ3v) is 5.22. The van der Waals surface area contributed by atoms with Gasteiger partial charge in [0.2, 0.25) is 5.91 Å². The number of carbonyl (C=O) groups is 1. The Morgan fingerprint density at radius 3 is 2.25 bits per heavy atom. The Hall–Kier alpha value is -0.570. The Morgan fingerprint density at radius 1 is 1.00 bits per heavy atom.